The van der Waals surface area contributed by atoms with E-state index in [1.165, 1.54) is 16.7 Å². The van der Waals surface area contributed by atoms with Crippen LogP contribution in [0.25, 0.3) is 6.08 Å². The Morgan fingerprint density at radius 1 is 1.11 bits per heavy atom. The van der Waals surface area contributed by atoms with Crippen molar-refractivity contribution in [1.82, 2.24) is 0 Å². The Hall–Kier alpha value is -3.33. The van der Waals surface area contributed by atoms with Crippen LogP contribution in [-0.2, 0) is 9.59 Å². The summed E-state index contributed by atoms with van der Waals surface area (Å²) in [5.74, 6) is 0.102. The van der Waals surface area contributed by atoms with Crippen LogP contribution in [0.5, 0.6) is 11.5 Å². The molecule has 9 heteroatoms. The van der Waals surface area contributed by atoms with Crippen molar-refractivity contribution in [3.63, 3.8) is 0 Å². The first-order chi connectivity index (χ1) is 17.8. The number of para-hydroxylation sites is 1. The van der Waals surface area contributed by atoms with Gasteiger partial charge in [0.2, 0.25) is 0 Å². The van der Waals surface area contributed by atoms with Gasteiger partial charge in [0.15, 0.2) is 22.4 Å². The van der Waals surface area contributed by atoms with E-state index in [0.717, 1.165) is 16.8 Å². The molecule has 0 saturated carbocycles. The van der Waals surface area contributed by atoms with Gasteiger partial charge in [0.1, 0.15) is 0 Å². The third-order valence-electron chi connectivity index (χ3n) is 5.44. The number of rotatable bonds is 8. The van der Waals surface area contributed by atoms with Gasteiger partial charge >= 0.3 is 0 Å². The molecule has 0 radical (unpaired) electrons. The fraction of sp³-hybridized carbons (Fsp3) is 0.179. The molecule has 0 bridgehead atoms. The number of benzene rings is 3. The van der Waals surface area contributed by atoms with Crippen LogP contribution in [0.15, 0.2) is 65.6 Å². The van der Waals surface area contributed by atoms with Crippen LogP contribution in [0.4, 0.5) is 11.4 Å². The number of hydrogen-bond donors (Lipinski definition) is 1. The Labute approximate surface area is 230 Å². The quantitative estimate of drug-likeness (QED) is 0.245. The standard InChI is InChI=1S/C28H25ClN2O4S2/c1-4-34-23-14-19(15-24-27(33)31(28(36)37-24)20-8-6-5-7-9-20)13-21(29)26(23)35-16-25(32)30-22-11-10-17(2)12-18(22)3/h5-15H,4,16H2,1-3H3,(H,30,32)/b24-15-. The maximum absolute atomic E-state index is 13.1. The minimum absolute atomic E-state index is 0.210. The van der Waals surface area contributed by atoms with Crippen molar-refractivity contribution < 1.29 is 19.1 Å². The summed E-state index contributed by atoms with van der Waals surface area (Å²) in [5, 5.41) is 3.11. The molecular weight excluding hydrogens is 528 g/mol. The van der Waals surface area contributed by atoms with Gasteiger partial charge in [0.05, 0.1) is 22.2 Å². The van der Waals surface area contributed by atoms with Crippen molar-refractivity contribution in [3.8, 4) is 11.5 Å². The summed E-state index contributed by atoms with van der Waals surface area (Å²) in [7, 11) is 0. The molecule has 1 fully saturated rings. The summed E-state index contributed by atoms with van der Waals surface area (Å²) in [6, 6.07) is 18.4. The van der Waals surface area contributed by atoms with Gasteiger partial charge in [-0.25, -0.2) is 0 Å². The van der Waals surface area contributed by atoms with Gasteiger partial charge < -0.3 is 14.8 Å². The van der Waals surface area contributed by atoms with Gasteiger partial charge in [-0.2, -0.15) is 0 Å². The molecule has 1 saturated heterocycles. The fourth-order valence-corrected chi connectivity index (χ4v) is 5.34. The predicted molar refractivity (Wildman–Crippen MR) is 155 cm³/mol. The number of nitrogens with one attached hydrogen (secondary N) is 1. The van der Waals surface area contributed by atoms with Crippen LogP contribution in [-0.4, -0.2) is 29.3 Å². The van der Waals surface area contributed by atoms with E-state index in [1.807, 2.05) is 69.3 Å². The number of aryl methyl sites for hydroxylation is 2. The van der Waals surface area contributed by atoms with Gasteiger partial charge in [0.25, 0.3) is 11.8 Å². The lowest BCUT2D eigenvalue weighted by atomic mass is 10.1. The first-order valence-corrected chi connectivity index (χ1v) is 13.2. The maximum Gasteiger partial charge on any atom is 0.270 e. The Balaban J connectivity index is 1.52. The van der Waals surface area contributed by atoms with Gasteiger partial charge in [0, 0.05) is 5.69 Å². The van der Waals surface area contributed by atoms with Crippen LogP contribution in [0.2, 0.25) is 5.02 Å². The molecule has 1 aliphatic heterocycles. The molecule has 1 heterocycles. The highest BCUT2D eigenvalue weighted by Crippen LogP contribution is 2.40. The lowest BCUT2D eigenvalue weighted by Crippen LogP contribution is -2.27. The number of anilines is 2. The Bertz CT molecular complexity index is 1390. The Morgan fingerprint density at radius 2 is 1.86 bits per heavy atom. The molecule has 4 rings (SSSR count). The minimum Gasteiger partial charge on any atom is -0.490 e. The molecule has 0 atom stereocenters. The highest BCUT2D eigenvalue weighted by molar-refractivity contribution is 8.27. The normalized spacial score (nSPS) is 14.3. The molecule has 3 aromatic rings. The summed E-state index contributed by atoms with van der Waals surface area (Å²) in [4.78, 5) is 27.6. The molecular formula is C28H25ClN2O4S2. The molecule has 1 N–H and O–H groups in total. The highest BCUT2D eigenvalue weighted by Gasteiger charge is 2.33. The molecule has 6 nitrogen and oxygen atoms in total. The van der Waals surface area contributed by atoms with E-state index < -0.39 is 0 Å². The summed E-state index contributed by atoms with van der Waals surface area (Å²) < 4.78 is 12.0. The van der Waals surface area contributed by atoms with Gasteiger partial charge in [-0.3, -0.25) is 14.5 Å². The number of thiocarbonyl (C=S) groups is 1. The second-order valence-corrected chi connectivity index (χ2v) is 10.4. The van der Waals surface area contributed by atoms with E-state index in [-0.39, 0.29) is 29.2 Å². The number of ether oxygens (including phenoxy) is 2. The van der Waals surface area contributed by atoms with Crippen molar-refractivity contribution in [2.75, 3.05) is 23.4 Å². The van der Waals surface area contributed by atoms with Gasteiger partial charge in [-0.05, 0) is 68.3 Å². The molecule has 1 aliphatic rings. The van der Waals surface area contributed by atoms with Crippen LogP contribution in [0, 0.1) is 13.8 Å². The lowest BCUT2D eigenvalue weighted by Gasteiger charge is -2.15. The van der Waals surface area contributed by atoms with E-state index in [2.05, 4.69) is 5.32 Å². The van der Waals surface area contributed by atoms with E-state index in [1.54, 1.807) is 18.2 Å². The van der Waals surface area contributed by atoms with Crippen LogP contribution < -0.4 is 19.7 Å². The number of carbonyl (C=O) groups is 2. The number of thioether (sulfide) groups is 1. The van der Waals surface area contributed by atoms with E-state index in [4.69, 9.17) is 33.3 Å². The third-order valence-corrected chi connectivity index (χ3v) is 7.02. The molecule has 3 aromatic carbocycles. The van der Waals surface area contributed by atoms with E-state index >= 15 is 0 Å². The molecule has 0 unspecified atom stereocenters. The lowest BCUT2D eigenvalue weighted by molar-refractivity contribution is -0.118. The van der Waals surface area contributed by atoms with Crippen molar-refractivity contribution in [3.05, 3.63) is 87.3 Å². The number of nitrogens with zero attached hydrogens (tertiary/aromatic N) is 1. The average molecular weight is 553 g/mol. The smallest absolute Gasteiger partial charge is 0.270 e. The second-order valence-electron chi connectivity index (χ2n) is 8.27. The molecule has 0 aliphatic carbocycles. The Morgan fingerprint density at radius 3 is 2.57 bits per heavy atom. The average Bonchev–Trinajstić information content (AvgIpc) is 3.13. The van der Waals surface area contributed by atoms with Crippen molar-refractivity contribution in [2.24, 2.45) is 0 Å². The Kier molecular flexibility index (Phi) is 8.53. The second kappa shape index (κ2) is 11.8. The fourth-order valence-electron chi connectivity index (χ4n) is 3.77. The summed E-state index contributed by atoms with van der Waals surface area (Å²) in [6.07, 6.45) is 1.72. The number of halogens is 1. The van der Waals surface area contributed by atoms with Crippen molar-refractivity contribution in [1.29, 1.82) is 0 Å². The predicted octanol–water partition coefficient (Wildman–Crippen LogP) is 6.78. The zero-order chi connectivity index (χ0) is 26.5. The third kappa shape index (κ3) is 6.33. The summed E-state index contributed by atoms with van der Waals surface area (Å²) in [5.41, 5.74) is 4.16. The van der Waals surface area contributed by atoms with Crippen LogP contribution >= 0.6 is 35.6 Å². The van der Waals surface area contributed by atoms with Crippen molar-refractivity contribution in [2.45, 2.75) is 20.8 Å². The number of hydrogen-bond acceptors (Lipinski definition) is 6. The number of carbonyl (C=O) groups excluding carboxylic acids is 2. The highest BCUT2D eigenvalue weighted by atomic mass is 35.5. The van der Waals surface area contributed by atoms with E-state index in [0.29, 0.717) is 32.8 Å². The first kappa shape index (κ1) is 26.7. The first-order valence-electron chi connectivity index (χ1n) is 11.6. The van der Waals surface area contributed by atoms with Crippen LogP contribution in [0.3, 0.4) is 0 Å². The summed E-state index contributed by atoms with van der Waals surface area (Å²) >= 11 is 13.2. The maximum atomic E-state index is 13.1. The largest absolute Gasteiger partial charge is 0.490 e. The molecule has 37 heavy (non-hydrogen) atoms. The zero-order valence-electron chi connectivity index (χ0n) is 20.5. The summed E-state index contributed by atoms with van der Waals surface area (Å²) in [6.45, 7) is 5.87. The molecule has 2 amide bonds. The minimum atomic E-state index is -0.320. The SMILES string of the molecule is CCOc1cc(/C=C2\SC(=S)N(c3ccccc3)C2=O)cc(Cl)c1OCC(=O)Nc1ccc(C)cc1C. The van der Waals surface area contributed by atoms with Gasteiger partial charge in [-0.15, -0.1) is 0 Å². The van der Waals surface area contributed by atoms with Crippen LogP contribution in [0.1, 0.15) is 23.6 Å². The van der Waals surface area contributed by atoms with E-state index in [9.17, 15) is 9.59 Å². The number of amides is 2. The topological polar surface area (TPSA) is 67.9 Å². The monoisotopic (exact) mass is 552 g/mol. The molecule has 190 valence electrons. The molecule has 0 aromatic heterocycles. The molecule has 0 spiro atoms. The van der Waals surface area contributed by atoms with Crippen molar-refractivity contribution >= 4 is 69.2 Å². The van der Waals surface area contributed by atoms with Gasteiger partial charge in [-0.1, -0.05) is 71.5 Å². The zero-order valence-corrected chi connectivity index (χ0v) is 22.9.